The second-order valence-electron chi connectivity index (χ2n) is 7.79. The lowest BCUT2D eigenvalue weighted by molar-refractivity contribution is -0.274. The number of aliphatic hydroxyl groups is 1. The van der Waals surface area contributed by atoms with E-state index in [1.54, 1.807) is 16.7 Å². The molecule has 0 bridgehead atoms. The summed E-state index contributed by atoms with van der Waals surface area (Å²) in [6.07, 6.45) is -3.47. The van der Waals surface area contributed by atoms with Gasteiger partial charge in [0.15, 0.2) is 0 Å². The highest BCUT2D eigenvalue weighted by Gasteiger charge is 2.41. The maximum Gasteiger partial charge on any atom is 0.573 e. The molecule has 31 heavy (non-hydrogen) atoms. The summed E-state index contributed by atoms with van der Waals surface area (Å²) in [5.41, 5.74) is 0.00471. The third-order valence-corrected chi connectivity index (χ3v) is 5.32. The largest absolute Gasteiger partial charge is 0.573 e. The van der Waals surface area contributed by atoms with Crippen molar-refractivity contribution in [1.29, 1.82) is 0 Å². The predicted octanol–water partition coefficient (Wildman–Crippen LogP) is 2.77. The van der Waals surface area contributed by atoms with E-state index in [1.807, 2.05) is 0 Å². The number of β-amino-alcohol motifs (C(OH)–C–C–N with tert-alkyl or cyclic N) is 1. The number of halogens is 4. The van der Waals surface area contributed by atoms with Gasteiger partial charge in [0, 0.05) is 43.7 Å². The van der Waals surface area contributed by atoms with Crippen molar-refractivity contribution >= 4 is 11.9 Å². The molecule has 1 aromatic rings. The maximum atomic E-state index is 14.1. The minimum Gasteiger partial charge on any atom is -0.406 e. The van der Waals surface area contributed by atoms with Gasteiger partial charge < -0.3 is 25.0 Å². The summed E-state index contributed by atoms with van der Waals surface area (Å²) in [5.74, 6) is -1.73. The Morgan fingerprint density at radius 2 is 1.97 bits per heavy atom. The maximum absolute atomic E-state index is 14.1. The van der Waals surface area contributed by atoms with E-state index in [0.29, 0.717) is 25.5 Å². The standard InChI is InChI=1S/C20H25F4N3O4/c1-2-18(29)26-10-14(7-15(28)11-26)27(13-4-5-13)19(30)25-9-12-3-6-16(8-17(12)21)31-20(22,23)24/h3,6,8,13-15,28H,2,4-5,7,9-11H2,1H3,(H,25,30)/t14-,15+/m1/s1. The molecular weight excluding hydrogens is 422 g/mol. The zero-order chi connectivity index (χ0) is 22.8. The van der Waals surface area contributed by atoms with E-state index < -0.39 is 30.1 Å². The monoisotopic (exact) mass is 447 g/mol. The van der Waals surface area contributed by atoms with Gasteiger partial charge >= 0.3 is 12.4 Å². The lowest BCUT2D eigenvalue weighted by Crippen LogP contribution is -2.58. The van der Waals surface area contributed by atoms with E-state index in [9.17, 15) is 32.3 Å². The molecular formula is C20H25F4N3O4. The van der Waals surface area contributed by atoms with Crippen LogP contribution >= 0.6 is 0 Å². The highest BCUT2D eigenvalue weighted by molar-refractivity contribution is 5.77. The van der Waals surface area contributed by atoms with Crippen LogP contribution in [0.3, 0.4) is 0 Å². The van der Waals surface area contributed by atoms with Crippen LogP contribution in [0.4, 0.5) is 22.4 Å². The molecule has 11 heteroatoms. The van der Waals surface area contributed by atoms with Crippen LogP contribution in [0.25, 0.3) is 0 Å². The van der Waals surface area contributed by atoms with Gasteiger partial charge in [-0.3, -0.25) is 4.79 Å². The summed E-state index contributed by atoms with van der Waals surface area (Å²) < 4.78 is 54.6. The number of hydrogen-bond donors (Lipinski definition) is 2. The fraction of sp³-hybridized carbons (Fsp3) is 0.600. The van der Waals surface area contributed by atoms with Gasteiger partial charge in [0.1, 0.15) is 11.6 Å². The molecule has 2 fully saturated rings. The molecule has 3 amide bonds. The zero-order valence-corrected chi connectivity index (χ0v) is 17.0. The Balaban J connectivity index is 1.64. The van der Waals surface area contributed by atoms with Crippen molar-refractivity contribution in [2.24, 2.45) is 0 Å². The number of aliphatic hydroxyl groups excluding tert-OH is 1. The summed E-state index contributed by atoms with van der Waals surface area (Å²) in [6.45, 7) is 2.03. The summed E-state index contributed by atoms with van der Waals surface area (Å²) in [5, 5.41) is 12.8. The van der Waals surface area contributed by atoms with E-state index in [1.165, 1.54) is 0 Å². The highest BCUT2D eigenvalue weighted by atomic mass is 19.4. The molecule has 3 rings (SSSR count). The molecule has 2 N–H and O–H groups in total. The first-order valence-electron chi connectivity index (χ1n) is 10.1. The normalized spacial score (nSPS) is 21.5. The molecule has 172 valence electrons. The van der Waals surface area contributed by atoms with Gasteiger partial charge in [-0.2, -0.15) is 0 Å². The summed E-state index contributed by atoms with van der Waals surface area (Å²) >= 11 is 0. The van der Waals surface area contributed by atoms with E-state index in [-0.39, 0.29) is 36.6 Å². The Bertz CT molecular complexity index is 816. The summed E-state index contributed by atoms with van der Waals surface area (Å²) in [4.78, 5) is 28.1. The number of likely N-dealkylation sites (tertiary alicyclic amines) is 1. The number of carbonyl (C=O) groups is 2. The van der Waals surface area contributed by atoms with Gasteiger partial charge in [0.05, 0.1) is 12.1 Å². The number of amides is 3. The SMILES string of the molecule is CCC(=O)N1C[C@@H](O)C[C@@H](N(C(=O)NCc2ccc(OC(F)(F)F)cc2F)C2CC2)C1. The number of ether oxygens (including phenoxy) is 1. The van der Waals surface area contributed by atoms with Crippen LogP contribution in [0.2, 0.25) is 0 Å². The van der Waals surface area contributed by atoms with Crippen molar-refractivity contribution in [3.05, 3.63) is 29.6 Å². The number of carbonyl (C=O) groups excluding carboxylic acids is 2. The number of rotatable bonds is 6. The zero-order valence-electron chi connectivity index (χ0n) is 17.0. The third kappa shape index (κ3) is 6.22. The molecule has 1 aromatic carbocycles. The molecule has 2 atom stereocenters. The minimum atomic E-state index is -4.93. The number of alkyl halides is 3. The first-order valence-corrected chi connectivity index (χ1v) is 10.1. The van der Waals surface area contributed by atoms with Gasteiger partial charge in [-0.25, -0.2) is 9.18 Å². The number of nitrogens with one attached hydrogen (secondary N) is 1. The predicted molar refractivity (Wildman–Crippen MR) is 101 cm³/mol. The Kier molecular flexibility index (Phi) is 6.93. The number of nitrogens with zero attached hydrogens (tertiary/aromatic N) is 2. The van der Waals surface area contributed by atoms with E-state index in [4.69, 9.17) is 0 Å². The molecule has 1 saturated carbocycles. The van der Waals surface area contributed by atoms with E-state index in [0.717, 1.165) is 25.0 Å². The lowest BCUT2D eigenvalue weighted by Gasteiger charge is -2.41. The van der Waals surface area contributed by atoms with Crippen LogP contribution in [0.15, 0.2) is 18.2 Å². The van der Waals surface area contributed by atoms with Gasteiger partial charge in [0.2, 0.25) is 5.91 Å². The van der Waals surface area contributed by atoms with Crippen LogP contribution in [0.1, 0.15) is 38.2 Å². The van der Waals surface area contributed by atoms with Crippen molar-refractivity contribution in [3.8, 4) is 5.75 Å². The van der Waals surface area contributed by atoms with Crippen molar-refractivity contribution in [3.63, 3.8) is 0 Å². The van der Waals surface area contributed by atoms with E-state index >= 15 is 0 Å². The fourth-order valence-corrected chi connectivity index (χ4v) is 3.79. The van der Waals surface area contributed by atoms with Gasteiger partial charge in [-0.05, 0) is 25.3 Å². The highest BCUT2D eigenvalue weighted by Crippen LogP contribution is 2.32. The molecule has 1 aliphatic heterocycles. The molecule has 0 spiro atoms. The topological polar surface area (TPSA) is 82.1 Å². The molecule has 1 aliphatic carbocycles. The van der Waals surface area contributed by atoms with Gasteiger partial charge in [-0.15, -0.1) is 13.2 Å². The van der Waals surface area contributed by atoms with Crippen LogP contribution in [-0.2, 0) is 11.3 Å². The molecule has 0 radical (unpaired) electrons. The van der Waals surface area contributed by atoms with Crippen molar-refractivity contribution in [2.75, 3.05) is 13.1 Å². The van der Waals surface area contributed by atoms with Gasteiger partial charge in [0.25, 0.3) is 0 Å². The van der Waals surface area contributed by atoms with Crippen molar-refractivity contribution in [1.82, 2.24) is 15.1 Å². The van der Waals surface area contributed by atoms with Crippen LogP contribution in [-0.4, -0.2) is 64.5 Å². The van der Waals surface area contributed by atoms with Crippen LogP contribution in [0.5, 0.6) is 5.75 Å². The van der Waals surface area contributed by atoms with Gasteiger partial charge in [-0.1, -0.05) is 13.0 Å². The molecule has 0 unspecified atom stereocenters. The Hall–Kier alpha value is -2.56. The second-order valence-corrected chi connectivity index (χ2v) is 7.79. The average Bonchev–Trinajstić information content (AvgIpc) is 3.50. The quantitative estimate of drug-likeness (QED) is 0.658. The lowest BCUT2D eigenvalue weighted by atomic mass is 10.0. The first kappa shape index (κ1) is 23.1. The minimum absolute atomic E-state index is 0.00471. The Morgan fingerprint density at radius 3 is 2.55 bits per heavy atom. The molecule has 0 aromatic heterocycles. The third-order valence-electron chi connectivity index (χ3n) is 5.32. The fourth-order valence-electron chi connectivity index (χ4n) is 3.79. The molecule has 1 saturated heterocycles. The van der Waals surface area contributed by atoms with Crippen LogP contribution in [0, 0.1) is 5.82 Å². The number of hydrogen-bond acceptors (Lipinski definition) is 4. The van der Waals surface area contributed by atoms with E-state index in [2.05, 4.69) is 10.1 Å². The second kappa shape index (κ2) is 9.29. The molecule has 1 heterocycles. The van der Waals surface area contributed by atoms with Crippen molar-refractivity contribution < 1.29 is 37.0 Å². The van der Waals surface area contributed by atoms with Crippen LogP contribution < -0.4 is 10.1 Å². The Labute approximate surface area is 176 Å². The summed E-state index contributed by atoms with van der Waals surface area (Å²) in [7, 11) is 0. The van der Waals surface area contributed by atoms with Crippen molar-refractivity contribution in [2.45, 2.75) is 63.7 Å². The smallest absolute Gasteiger partial charge is 0.406 e. The first-order chi connectivity index (χ1) is 14.6. The summed E-state index contributed by atoms with van der Waals surface area (Å²) in [6, 6.07) is 1.83. The number of benzene rings is 1. The number of piperidine rings is 1. The molecule has 2 aliphatic rings. The average molecular weight is 447 g/mol. The molecule has 7 nitrogen and oxygen atoms in total. The Morgan fingerprint density at radius 1 is 1.26 bits per heavy atom. The number of urea groups is 1.